The predicted octanol–water partition coefficient (Wildman–Crippen LogP) is 2.43. The average molecular weight is 331 g/mol. The molecule has 1 aromatic heterocycles. The molecule has 0 unspecified atom stereocenters. The summed E-state index contributed by atoms with van der Waals surface area (Å²) < 4.78 is 5.86. The zero-order valence-corrected chi connectivity index (χ0v) is 15.1. The van der Waals surface area contributed by atoms with E-state index in [2.05, 4.69) is 30.8 Å². The number of piperidine rings is 1. The van der Waals surface area contributed by atoms with Gasteiger partial charge in [-0.05, 0) is 44.3 Å². The Bertz CT molecular complexity index is 555. The van der Waals surface area contributed by atoms with E-state index in [1.165, 1.54) is 0 Å². The number of hydrogen-bond donors (Lipinski definition) is 0. The van der Waals surface area contributed by atoms with Gasteiger partial charge < -0.3 is 9.64 Å². The summed E-state index contributed by atoms with van der Waals surface area (Å²) in [4.78, 5) is 20.9. The Balaban J connectivity index is 1.52. The SMILES string of the molecule is CC(C)CC(=O)N1CC2(C[C@@H](COc3ccccn3)CCN2C)C1. The van der Waals surface area contributed by atoms with Crippen LogP contribution in [0.1, 0.15) is 33.1 Å². The molecule has 3 rings (SSSR count). The first kappa shape index (κ1) is 17.2. The molecular weight excluding hydrogens is 302 g/mol. The number of nitrogens with zero attached hydrogens (tertiary/aromatic N) is 3. The highest BCUT2D eigenvalue weighted by molar-refractivity contribution is 5.77. The van der Waals surface area contributed by atoms with E-state index in [1.54, 1.807) is 6.20 Å². The van der Waals surface area contributed by atoms with E-state index in [9.17, 15) is 4.79 Å². The number of pyridine rings is 1. The molecule has 24 heavy (non-hydrogen) atoms. The van der Waals surface area contributed by atoms with Gasteiger partial charge in [0.25, 0.3) is 0 Å². The number of rotatable bonds is 5. The van der Waals surface area contributed by atoms with E-state index in [-0.39, 0.29) is 5.54 Å². The van der Waals surface area contributed by atoms with Gasteiger partial charge in [0.15, 0.2) is 0 Å². The van der Waals surface area contributed by atoms with Gasteiger partial charge >= 0.3 is 0 Å². The van der Waals surface area contributed by atoms with E-state index in [0.29, 0.717) is 36.7 Å². The summed E-state index contributed by atoms with van der Waals surface area (Å²) in [5, 5.41) is 0. The minimum Gasteiger partial charge on any atom is -0.477 e. The quantitative estimate of drug-likeness (QED) is 0.831. The van der Waals surface area contributed by atoms with E-state index >= 15 is 0 Å². The highest BCUT2D eigenvalue weighted by atomic mass is 16.5. The van der Waals surface area contributed by atoms with Crippen LogP contribution in [0.5, 0.6) is 5.88 Å². The zero-order valence-electron chi connectivity index (χ0n) is 15.1. The standard InChI is InChI=1S/C19H29N3O2/c1-15(2)10-18(23)22-13-19(14-22)11-16(7-9-21(19)3)12-24-17-6-4-5-8-20-17/h4-6,8,15-16H,7,9-14H2,1-3H3/t16-/m0/s1. The fourth-order valence-electron chi connectivity index (χ4n) is 3.88. The van der Waals surface area contributed by atoms with Gasteiger partial charge in [-0.2, -0.15) is 0 Å². The second-order valence-corrected chi connectivity index (χ2v) is 7.83. The Morgan fingerprint density at radius 2 is 2.21 bits per heavy atom. The number of hydrogen-bond acceptors (Lipinski definition) is 4. The first-order valence-corrected chi connectivity index (χ1v) is 9.01. The Hall–Kier alpha value is -1.62. The number of carbonyl (C=O) groups is 1. The summed E-state index contributed by atoms with van der Waals surface area (Å²) in [6.07, 6.45) is 4.66. The van der Waals surface area contributed by atoms with Crippen LogP contribution in [0.25, 0.3) is 0 Å². The first-order valence-electron chi connectivity index (χ1n) is 9.01. The van der Waals surface area contributed by atoms with Gasteiger partial charge in [0, 0.05) is 31.8 Å². The average Bonchev–Trinajstić information content (AvgIpc) is 2.52. The lowest BCUT2D eigenvalue weighted by Crippen LogP contribution is -2.72. The maximum absolute atomic E-state index is 12.2. The Kier molecular flexibility index (Phi) is 5.09. The lowest BCUT2D eigenvalue weighted by molar-refractivity contribution is -0.151. The van der Waals surface area contributed by atoms with Crippen molar-refractivity contribution in [3.8, 4) is 5.88 Å². The normalized spacial score (nSPS) is 23.3. The maximum atomic E-state index is 12.2. The lowest BCUT2D eigenvalue weighted by Gasteiger charge is -2.58. The summed E-state index contributed by atoms with van der Waals surface area (Å²) in [5.41, 5.74) is 0.156. The fraction of sp³-hybridized carbons (Fsp3) is 0.684. The van der Waals surface area contributed by atoms with Crippen molar-refractivity contribution in [2.45, 2.75) is 38.6 Å². The van der Waals surface area contributed by atoms with Crippen molar-refractivity contribution in [3.63, 3.8) is 0 Å². The van der Waals surface area contributed by atoms with Crippen molar-refractivity contribution >= 4 is 5.91 Å². The minimum atomic E-state index is 0.156. The number of aromatic nitrogens is 1. The second-order valence-electron chi connectivity index (χ2n) is 7.83. The topological polar surface area (TPSA) is 45.7 Å². The van der Waals surface area contributed by atoms with Crippen LogP contribution >= 0.6 is 0 Å². The molecule has 1 atom stereocenters. The van der Waals surface area contributed by atoms with Crippen LogP contribution in [0, 0.1) is 11.8 Å². The summed E-state index contributed by atoms with van der Waals surface area (Å²) in [6, 6.07) is 5.75. The molecule has 0 N–H and O–H groups in total. The van der Waals surface area contributed by atoms with E-state index in [1.807, 2.05) is 23.1 Å². The molecule has 132 valence electrons. The van der Waals surface area contributed by atoms with Gasteiger partial charge in [-0.1, -0.05) is 19.9 Å². The second kappa shape index (κ2) is 7.09. The summed E-state index contributed by atoms with van der Waals surface area (Å²) in [7, 11) is 2.19. The molecule has 2 aliphatic rings. The third-order valence-corrected chi connectivity index (χ3v) is 5.36. The van der Waals surface area contributed by atoms with Crippen molar-refractivity contribution in [2.75, 3.05) is 33.3 Å². The molecular formula is C19H29N3O2. The van der Waals surface area contributed by atoms with Crippen LogP contribution in [-0.2, 0) is 4.79 Å². The molecule has 0 bridgehead atoms. The summed E-state index contributed by atoms with van der Waals surface area (Å²) in [5.74, 6) is 1.96. The van der Waals surface area contributed by atoms with Crippen molar-refractivity contribution in [3.05, 3.63) is 24.4 Å². The van der Waals surface area contributed by atoms with Gasteiger partial charge in [0.1, 0.15) is 0 Å². The van der Waals surface area contributed by atoms with Crippen LogP contribution in [0.4, 0.5) is 0 Å². The lowest BCUT2D eigenvalue weighted by atomic mass is 9.75. The molecule has 2 aliphatic heterocycles. The molecule has 1 aromatic rings. The van der Waals surface area contributed by atoms with Gasteiger partial charge in [-0.25, -0.2) is 4.98 Å². The molecule has 2 fully saturated rings. The smallest absolute Gasteiger partial charge is 0.222 e. The number of amides is 1. The van der Waals surface area contributed by atoms with Gasteiger partial charge in [0.05, 0.1) is 12.1 Å². The molecule has 2 saturated heterocycles. The number of likely N-dealkylation sites (tertiary alicyclic amines) is 2. The Morgan fingerprint density at radius 1 is 1.42 bits per heavy atom. The zero-order chi connectivity index (χ0) is 17.2. The molecule has 0 aromatic carbocycles. The largest absolute Gasteiger partial charge is 0.477 e. The van der Waals surface area contributed by atoms with E-state index in [0.717, 1.165) is 32.5 Å². The molecule has 1 spiro atoms. The van der Waals surface area contributed by atoms with E-state index < -0.39 is 0 Å². The highest BCUT2D eigenvalue weighted by Gasteiger charge is 2.50. The van der Waals surface area contributed by atoms with Crippen LogP contribution < -0.4 is 4.74 Å². The molecule has 0 aliphatic carbocycles. The van der Waals surface area contributed by atoms with Crippen molar-refractivity contribution in [1.82, 2.24) is 14.8 Å². The van der Waals surface area contributed by atoms with Crippen LogP contribution in [0.15, 0.2) is 24.4 Å². The monoisotopic (exact) mass is 331 g/mol. The molecule has 5 nitrogen and oxygen atoms in total. The van der Waals surface area contributed by atoms with E-state index in [4.69, 9.17) is 4.74 Å². The Labute approximate surface area is 145 Å². The van der Waals surface area contributed by atoms with Crippen molar-refractivity contribution < 1.29 is 9.53 Å². The number of likely N-dealkylation sites (N-methyl/N-ethyl adjacent to an activating group) is 1. The van der Waals surface area contributed by atoms with Crippen LogP contribution in [0.3, 0.4) is 0 Å². The minimum absolute atomic E-state index is 0.156. The van der Waals surface area contributed by atoms with Crippen molar-refractivity contribution in [1.29, 1.82) is 0 Å². The molecule has 0 saturated carbocycles. The third kappa shape index (κ3) is 3.72. The molecule has 5 heteroatoms. The third-order valence-electron chi connectivity index (χ3n) is 5.36. The maximum Gasteiger partial charge on any atom is 0.222 e. The summed E-state index contributed by atoms with van der Waals surface area (Å²) >= 11 is 0. The Morgan fingerprint density at radius 3 is 2.88 bits per heavy atom. The molecule has 1 amide bonds. The van der Waals surface area contributed by atoms with Gasteiger partial charge in [0.2, 0.25) is 11.8 Å². The molecule has 3 heterocycles. The predicted molar refractivity (Wildman–Crippen MR) is 93.9 cm³/mol. The first-order chi connectivity index (χ1) is 11.5. The number of carbonyl (C=O) groups excluding carboxylic acids is 1. The van der Waals surface area contributed by atoms with Gasteiger partial charge in [-0.15, -0.1) is 0 Å². The summed E-state index contributed by atoms with van der Waals surface area (Å²) in [6.45, 7) is 7.73. The fourth-order valence-corrected chi connectivity index (χ4v) is 3.88. The van der Waals surface area contributed by atoms with Crippen molar-refractivity contribution in [2.24, 2.45) is 11.8 Å². The molecule has 0 radical (unpaired) electrons. The van der Waals surface area contributed by atoms with Gasteiger partial charge in [-0.3, -0.25) is 9.69 Å². The number of ether oxygens (including phenoxy) is 1. The van der Waals surface area contributed by atoms with Crippen LogP contribution in [-0.4, -0.2) is 59.5 Å². The highest BCUT2D eigenvalue weighted by Crippen LogP contribution is 2.38. The van der Waals surface area contributed by atoms with Crippen LogP contribution in [0.2, 0.25) is 0 Å².